The smallest absolute Gasteiger partial charge is 0.341 e. The Morgan fingerprint density at radius 3 is 2.54 bits per heavy atom. The van der Waals surface area contributed by atoms with Gasteiger partial charge < -0.3 is 19.5 Å². The minimum absolute atomic E-state index is 0.122. The predicted molar refractivity (Wildman–Crippen MR) is 95.7 cm³/mol. The zero-order valence-electron chi connectivity index (χ0n) is 15.1. The summed E-state index contributed by atoms with van der Waals surface area (Å²) in [5.74, 6) is 0.710. The third kappa shape index (κ3) is 3.79. The molecule has 0 radical (unpaired) electrons. The summed E-state index contributed by atoms with van der Waals surface area (Å²) in [6, 6.07) is 4.61. The summed E-state index contributed by atoms with van der Waals surface area (Å²) in [4.78, 5) is 29.0. The Balaban J connectivity index is 2.03. The molecule has 0 saturated carbocycles. The molecule has 1 aromatic carbocycles. The molecule has 1 aliphatic rings. The van der Waals surface area contributed by atoms with Crippen molar-refractivity contribution >= 4 is 28.7 Å². The molecule has 0 atom stereocenters. The molecule has 0 unspecified atom stereocenters. The van der Waals surface area contributed by atoms with E-state index in [1.807, 2.05) is 20.8 Å². The highest BCUT2D eigenvalue weighted by Gasteiger charge is 2.22. The van der Waals surface area contributed by atoms with Gasteiger partial charge in [-0.05, 0) is 39.8 Å². The average Bonchev–Trinajstić information content (AvgIpc) is 2.97. The van der Waals surface area contributed by atoms with E-state index < -0.39 is 17.5 Å². The SMILES string of the molecule is CCOC(=O)c1cc2cc3c(cc2nc1NC(=O)NC(C)(C)C)OCO3. The molecule has 0 spiro atoms. The van der Waals surface area contributed by atoms with E-state index in [2.05, 4.69) is 15.6 Å². The van der Waals surface area contributed by atoms with Gasteiger partial charge in [-0.15, -0.1) is 0 Å². The number of carbonyl (C=O) groups excluding carboxylic acids is 2. The summed E-state index contributed by atoms with van der Waals surface area (Å²) < 4.78 is 15.8. The third-order valence-electron chi connectivity index (χ3n) is 3.52. The summed E-state index contributed by atoms with van der Waals surface area (Å²) in [7, 11) is 0. The van der Waals surface area contributed by atoms with Crippen LogP contribution in [0.2, 0.25) is 0 Å². The molecule has 0 saturated heterocycles. The number of pyridine rings is 1. The van der Waals surface area contributed by atoms with Crippen LogP contribution >= 0.6 is 0 Å². The first-order valence-corrected chi connectivity index (χ1v) is 8.27. The Hall–Kier alpha value is -3.03. The quantitative estimate of drug-likeness (QED) is 0.817. The van der Waals surface area contributed by atoms with Gasteiger partial charge in [0, 0.05) is 17.0 Å². The molecule has 0 bridgehead atoms. The van der Waals surface area contributed by atoms with Crippen LogP contribution in [-0.2, 0) is 4.74 Å². The fourth-order valence-corrected chi connectivity index (χ4v) is 2.50. The molecule has 8 nitrogen and oxygen atoms in total. The van der Waals surface area contributed by atoms with E-state index in [1.165, 1.54) is 0 Å². The van der Waals surface area contributed by atoms with Crippen molar-refractivity contribution in [1.29, 1.82) is 0 Å². The van der Waals surface area contributed by atoms with E-state index >= 15 is 0 Å². The van der Waals surface area contributed by atoms with Crippen LogP contribution in [0.15, 0.2) is 18.2 Å². The first-order chi connectivity index (χ1) is 12.3. The normalized spacial score (nSPS) is 12.8. The Labute approximate surface area is 150 Å². The van der Waals surface area contributed by atoms with Crippen molar-refractivity contribution < 1.29 is 23.8 Å². The summed E-state index contributed by atoms with van der Waals surface area (Å²) in [6.07, 6.45) is 0. The van der Waals surface area contributed by atoms with Gasteiger partial charge >= 0.3 is 12.0 Å². The number of rotatable bonds is 3. The van der Waals surface area contributed by atoms with Crippen LogP contribution in [0, 0.1) is 0 Å². The zero-order valence-corrected chi connectivity index (χ0v) is 15.1. The van der Waals surface area contributed by atoms with Crippen molar-refractivity contribution in [2.24, 2.45) is 0 Å². The predicted octanol–water partition coefficient (Wildman–Crippen LogP) is 3.06. The van der Waals surface area contributed by atoms with Gasteiger partial charge in [-0.25, -0.2) is 14.6 Å². The molecule has 1 aliphatic heterocycles. The van der Waals surface area contributed by atoms with Crippen LogP contribution in [-0.4, -0.2) is 35.9 Å². The number of amides is 2. The first-order valence-electron chi connectivity index (χ1n) is 8.27. The lowest BCUT2D eigenvalue weighted by Crippen LogP contribution is -2.43. The minimum atomic E-state index is -0.564. The molecule has 2 heterocycles. The highest BCUT2D eigenvalue weighted by molar-refractivity contribution is 6.03. The number of urea groups is 1. The van der Waals surface area contributed by atoms with Crippen molar-refractivity contribution in [2.45, 2.75) is 33.2 Å². The molecule has 3 rings (SSSR count). The molecular formula is C18H21N3O5. The third-order valence-corrected chi connectivity index (χ3v) is 3.52. The van der Waals surface area contributed by atoms with E-state index in [1.54, 1.807) is 25.1 Å². The molecule has 0 aliphatic carbocycles. The number of nitrogens with one attached hydrogen (secondary N) is 2. The number of anilines is 1. The zero-order chi connectivity index (χ0) is 18.9. The molecule has 2 amide bonds. The number of carbonyl (C=O) groups is 2. The topological polar surface area (TPSA) is 98.8 Å². The van der Waals surface area contributed by atoms with Crippen molar-refractivity contribution in [1.82, 2.24) is 10.3 Å². The number of hydrogen-bond donors (Lipinski definition) is 2. The fourth-order valence-electron chi connectivity index (χ4n) is 2.50. The Morgan fingerprint density at radius 2 is 1.88 bits per heavy atom. The van der Waals surface area contributed by atoms with E-state index in [4.69, 9.17) is 14.2 Å². The van der Waals surface area contributed by atoms with Crippen LogP contribution in [0.1, 0.15) is 38.1 Å². The van der Waals surface area contributed by atoms with E-state index in [-0.39, 0.29) is 24.8 Å². The lowest BCUT2D eigenvalue weighted by atomic mass is 10.1. The molecular weight excluding hydrogens is 338 g/mol. The van der Waals surface area contributed by atoms with Crippen molar-refractivity contribution in [2.75, 3.05) is 18.7 Å². The molecule has 2 aromatic rings. The van der Waals surface area contributed by atoms with Gasteiger partial charge in [-0.3, -0.25) is 5.32 Å². The van der Waals surface area contributed by atoms with Crippen molar-refractivity contribution in [3.05, 3.63) is 23.8 Å². The number of ether oxygens (including phenoxy) is 3. The van der Waals surface area contributed by atoms with Gasteiger partial charge in [0.15, 0.2) is 11.5 Å². The monoisotopic (exact) mass is 359 g/mol. The van der Waals surface area contributed by atoms with Crippen LogP contribution in [0.3, 0.4) is 0 Å². The first kappa shape index (κ1) is 17.8. The number of hydrogen-bond acceptors (Lipinski definition) is 6. The average molecular weight is 359 g/mol. The largest absolute Gasteiger partial charge is 0.462 e. The lowest BCUT2D eigenvalue weighted by molar-refractivity contribution is 0.0527. The molecule has 8 heteroatoms. The van der Waals surface area contributed by atoms with Gasteiger partial charge in [0.25, 0.3) is 0 Å². The Morgan fingerprint density at radius 1 is 1.19 bits per heavy atom. The molecule has 2 N–H and O–H groups in total. The number of aromatic nitrogens is 1. The van der Waals surface area contributed by atoms with Crippen molar-refractivity contribution in [3.63, 3.8) is 0 Å². The molecule has 1 aromatic heterocycles. The van der Waals surface area contributed by atoms with E-state index in [9.17, 15) is 9.59 Å². The number of fused-ring (bicyclic) bond motifs is 2. The van der Waals surface area contributed by atoms with Crippen LogP contribution < -0.4 is 20.1 Å². The van der Waals surface area contributed by atoms with Gasteiger partial charge in [-0.1, -0.05) is 0 Å². The van der Waals surface area contributed by atoms with Crippen LogP contribution in [0.25, 0.3) is 10.9 Å². The highest BCUT2D eigenvalue weighted by atomic mass is 16.7. The van der Waals surface area contributed by atoms with Crippen LogP contribution in [0.5, 0.6) is 11.5 Å². The van der Waals surface area contributed by atoms with Crippen LogP contribution in [0.4, 0.5) is 10.6 Å². The summed E-state index contributed by atoms with van der Waals surface area (Å²) >= 11 is 0. The van der Waals surface area contributed by atoms with Gasteiger partial charge in [-0.2, -0.15) is 0 Å². The van der Waals surface area contributed by atoms with Gasteiger partial charge in [0.2, 0.25) is 6.79 Å². The Kier molecular flexibility index (Phi) is 4.58. The van der Waals surface area contributed by atoms with Gasteiger partial charge in [0.1, 0.15) is 11.4 Å². The second-order valence-corrected chi connectivity index (χ2v) is 6.83. The maximum absolute atomic E-state index is 12.3. The molecule has 26 heavy (non-hydrogen) atoms. The second-order valence-electron chi connectivity index (χ2n) is 6.83. The Bertz CT molecular complexity index is 873. The van der Waals surface area contributed by atoms with Gasteiger partial charge in [0.05, 0.1) is 12.1 Å². The number of esters is 1. The number of benzene rings is 1. The molecule has 138 valence electrons. The lowest BCUT2D eigenvalue weighted by Gasteiger charge is -2.21. The summed E-state index contributed by atoms with van der Waals surface area (Å²) in [5, 5.41) is 6.08. The number of nitrogens with zero attached hydrogens (tertiary/aromatic N) is 1. The molecule has 0 fully saturated rings. The van der Waals surface area contributed by atoms with Crippen molar-refractivity contribution in [3.8, 4) is 11.5 Å². The second kappa shape index (κ2) is 6.70. The van der Waals surface area contributed by atoms with E-state index in [0.29, 0.717) is 22.4 Å². The fraction of sp³-hybridized carbons (Fsp3) is 0.389. The highest BCUT2D eigenvalue weighted by Crippen LogP contribution is 2.36. The van der Waals surface area contributed by atoms with E-state index in [0.717, 1.165) is 0 Å². The minimum Gasteiger partial charge on any atom is -0.462 e. The standard InChI is InChI=1S/C18H21N3O5/c1-5-24-16(22)11-6-10-7-13-14(26-9-25-13)8-12(10)19-15(11)20-17(23)21-18(2,3)4/h6-8H,5,9H2,1-4H3,(H2,19,20,21,23). The maximum Gasteiger partial charge on any atom is 0.341 e. The summed E-state index contributed by atoms with van der Waals surface area (Å²) in [5.41, 5.74) is 0.299. The summed E-state index contributed by atoms with van der Waals surface area (Å²) in [6.45, 7) is 7.62. The maximum atomic E-state index is 12.3.